The molecule has 1 amide bonds. The van der Waals surface area contributed by atoms with E-state index >= 15 is 0 Å². The Labute approximate surface area is 221 Å². The molecular weight excluding hydrogens is 517 g/mol. The molecule has 0 aliphatic carbocycles. The number of nitrogens with zero attached hydrogens (tertiary/aromatic N) is 2. The van der Waals surface area contributed by atoms with Crippen molar-refractivity contribution in [1.29, 1.82) is 0 Å². The van der Waals surface area contributed by atoms with Gasteiger partial charge in [-0.1, -0.05) is 32.0 Å². The van der Waals surface area contributed by atoms with Gasteiger partial charge < -0.3 is 9.88 Å². The minimum atomic E-state index is -4.43. The molecule has 1 N–H and O–H groups in total. The summed E-state index contributed by atoms with van der Waals surface area (Å²) in [6.07, 6.45) is -6.33. The van der Waals surface area contributed by atoms with Gasteiger partial charge in [0, 0.05) is 54.3 Å². The number of alkyl halides is 5. The van der Waals surface area contributed by atoms with Crippen LogP contribution in [0.5, 0.6) is 0 Å². The number of hydrogen-bond acceptors (Lipinski definition) is 3. The van der Waals surface area contributed by atoms with Crippen LogP contribution in [-0.4, -0.2) is 21.2 Å². The lowest BCUT2D eigenvalue weighted by atomic mass is 9.99. The number of ketones is 1. The fourth-order valence-corrected chi connectivity index (χ4v) is 4.30. The number of carbonyl (C=O) groups is 2. The first-order chi connectivity index (χ1) is 18.3. The molecule has 39 heavy (non-hydrogen) atoms. The Morgan fingerprint density at radius 3 is 2.28 bits per heavy atom. The summed E-state index contributed by atoms with van der Waals surface area (Å²) in [5.41, 5.74) is 1.50. The summed E-state index contributed by atoms with van der Waals surface area (Å²) in [4.78, 5) is 28.8. The summed E-state index contributed by atoms with van der Waals surface area (Å²) in [5.74, 6) is -1.02. The van der Waals surface area contributed by atoms with Crippen LogP contribution in [0.4, 0.5) is 22.0 Å². The monoisotopic (exact) mass is 543 g/mol. The molecule has 2 aromatic carbocycles. The van der Waals surface area contributed by atoms with E-state index in [1.54, 1.807) is 45.2 Å². The Hall–Kier alpha value is -4.08. The lowest BCUT2D eigenvalue weighted by molar-refractivity contribution is -0.137. The normalized spacial score (nSPS) is 11.9. The molecule has 0 saturated heterocycles. The van der Waals surface area contributed by atoms with Gasteiger partial charge in [-0.05, 0) is 53.1 Å². The highest BCUT2D eigenvalue weighted by molar-refractivity contribution is 5.99. The molecule has 2 heterocycles. The fraction of sp³-hybridized carbons (Fsp3) is 0.276. The second-order valence-electron chi connectivity index (χ2n) is 9.61. The van der Waals surface area contributed by atoms with E-state index in [0.29, 0.717) is 22.4 Å². The number of benzene rings is 2. The molecule has 0 aliphatic heterocycles. The fourth-order valence-electron chi connectivity index (χ4n) is 4.30. The van der Waals surface area contributed by atoms with E-state index in [1.165, 1.54) is 24.4 Å². The number of rotatable bonds is 8. The van der Waals surface area contributed by atoms with E-state index in [-0.39, 0.29) is 30.4 Å². The molecule has 0 radical (unpaired) electrons. The van der Waals surface area contributed by atoms with E-state index in [9.17, 15) is 31.5 Å². The van der Waals surface area contributed by atoms with Crippen molar-refractivity contribution in [2.45, 2.75) is 39.4 Å². The molecule has 204 valence electrons. The first-order valence-corrected chi connectivity index (χ1v) is 12.2. The third-order valence-corrected chi connectivity index (χ3v) is 6.45. The number of aryl methyl sites for hydroxylation is 1. The number of hydrogen-bond donors (Lipinski definition) is 1. The summed E-state index contributed by atoms with van der Waals surface area (Å²) < 4.78 is 67.9. The molecule has 0 spiro atoms. The first-order valence-electron chi connectivity index (χ1n) is 12.2. The van der Waals surface area contributed by atoms with Gasteiger partial charge in [-0.2, -0.15) is 13.2 Å². The zero-order chi connectivity index (χ0) is 28.5. The predicted molar refractivity (Wildman–Crippen MR) is 137 cm³/mol. The maximum Gasteiger partial charge on any atom is 0.416 e. The quantitative estimate of drug-likeness (QED) is 0.194. The van der Waals surface area contributed by atoms with Gasteiger partial charge in [0.05, 0.1) is 5.56 Å². The van der Waals surface area contributed by atoms with Gasteiger partial charge in [-0.3, -0.25) is 14.6 Å². The van der Waals surface area contributed by atoms with Crippen LogP contribution in [-0.2, 0) is 31.0 Å². The van der Waals surface area contributed by atoms with Crippen molar-refractivity contribution in [3.05, 3.63) is 88.7 Å². The van der Waals surface area contributed by atoms with Crippen LogP contribution in [0.3, 0.4) is 0 Å². The molecular formula is C29H26F5N3O2. The highest BCUT2D eigenvalue weighted by Gasteiger charge is 2.30. The van der Waals surface area contributed by atoms with Crippen LogP contribution in [0.15, 0.2) is 60.8 Å². The number of fused-ring (bicyclic) bond motifs is 1. The van der Waals surface area contributed by atoms with E-state index in [4.69, 9.17) is 0 Å². The van der Waals surface area contributed by atoms with E-state index < -0.39 is 29.6 Å². The summed E-state index contributed by atoms with van der Waals surface area (Å²) in [5, 5.41) is 3.42. The van der Waals surface area contributed by atoms with Crippen molar-refractivity contribution in [2.75, 3.05) is 0 Å². The van der Waals surface area contributed by atoms with Crippen LogP contribution in [0.1, 0.15) is 53.0 Å². The van der Waals surface area contributed by atoms with Gasteiger partial charge in [-0.15, -0.1) is 0 Å². The maximum absolute atomic E-state index is 13.6. The first kappa shape index (κ1) is 27.9. The number of amides is 1. The highest BCUT2D eigenvalue weighted by atomic mass is 19.4. The number of carbonyl (C=O) groups excluding carboxylic acids is 2. The molecule has 2 aromatic heterocycles. The smallest absolute Gasteiger partial charge is 0.352 e. The lowest BCUT2D eigenvalue weighted by Crippen LogP contribution is -2.27. The molecule has 0 fully saturated rings. The van der Waals surface area contributed by atoms with Crippen LogP contribution in [0.2, 0.25) is 0 Å². The summed E-state index contributed by atoms with van der Waals surface area (Å²) >= 11 is 0. The molecule has 0 aliphatic rings. The Kier molecular flexibility index (Phi) is 7.85. The van der Waals surface area contributed by atoms with E-state index in [1.807, 2.05) is 4.57 Å². The van der Waals surface area contributed by atoms with Crippen LogP contribution in [0.25, 0.3) is 22.2 Å². The van der Waals surface area contributed by atoms with Gasteiger partial charge in [0.15, 0.2) is 5.78 Å². The van der Waals surface area contributed by atoms with Crippen LogP contribution in [0, 0.1) is 5.92 Å². The topological polar surface area (TPSA) is 64.0 Å². The van der Waals surface area contributed by atoms with Gasteiger partial charge in [0.2, 0.25) is 5.91 Å². The van der Waals surface area contributed by atoms with Gasteiger partial charge in [0.1, 0.15) is 5.69 Å². The average molecular weight is 544 g/mol. The van der Waals surface area contributed by atoms with Crippen LogP contribution < -0.4 is 5.32 Å². The van der Waals surface area contributed by atoms with Crippen molar-refractivity contribution >= 4 is 22.6 Å². The molecule has 0 saturated carbocycles. The zero-order valence-electron chi connectivity index (χ0n) is 21.4. The van der Waals surface area contributed by atoms with Crippen molar-refractivity contribution in [1.82, 2.24) is 14.9 Å². The number of nitrogens with one attached hydrogen (secondary N) is 1. The summed E-state index contributed by atoms with van der Waals surface area (Å²) in [6.45, 7) is 3.49. The SMILES string of the molecule is CC(C)C(=O)NCc1cnc(C(F)F)c(C(=O)Cc2ccc3c(c2)cc(-c2ccc(C(F)(F)F)cc2)n3C)c1. The van der Waals surface area contributed by atoms with E-state index in [0.717, 1.165) is 23.0 Å². The van der Waals surface area contributed by atoms with E-state index in [2.05, 4.69) is 10.3 Å². The molecule has 0 bridgehead atoms. The Balaban J connectivity index is 1.59. The third-order valence-electron chi connectivity index (χ3n) is 6.45. The minimum Gasteiger partial charge on any atom is -0.352 e. The summed E-state index contributed by atoms with van der Waals surface area (Å²) in [6, 6.07) is 13.2. The standard InChI is InChI=1S/C29H26F5N3O2/c1-16(2)28(39)36-15-18-11-22(26(27(30)31)35-14-18)25(38)12-17-4-9-23-20(10-17)13-24(37(23)3)19-5-7-21(8-6-19)29(32,33)34/h4-11,13-14,16,27H,12,15H2,1-3H3,(H,36,39). The molecule has 0 atom stereocenters. The molecule has 4 rings (SSSR count). The molecule has 0 unspecified atom stereocenters. The number of pyridine rings is 1. The molecule has 10 heteroatoms. The Morgan fingerprint density at radius 2 is 1.67 bits per heavy atom. The largest absolute Gasteiger partial charge is 0.416 e. The Morgan fingerprint density at radius 1 is 0.974 bits per heavy atom. The number of Topliss-reactive ketones (excluding diaryl/α,β-unsaturated/α-hetero) is 1. The van der Waals surface area contributed by atoms with Gasteiger partial charge >= 0.3 is 6.18 Å². The van der Waals surface area contributed by atoms with Crippen molar-refractivity contribution in [3.8, 4) is 11.3 Å². The van der Waals surface area contributed by atoms with Gasteiger partial charge in [-0.25, -0.2) is 8.78 Å². The van der Waals surface area contributed by atoms with Crippen LogP contribution >= 0.6 is 0 Å². The lowest BCUT2D eigenvalue weighted by Gasteiger charge is -2.12. The molecule has 5 nitrogen and oxygen atoms in total. The van der Waals surface area contributed by atoms with Crippen molar-refractivity contribution < 1.29 is 31.5 Å². The highest BCUT2D eigenvalue weighted by Crippen LogP contribution is 2.33. The maximum atomic E-state index is 13.6. The van der Waals surface area contributed by atoms with Gasteiger partial charge in [0.25, 0.3) is 6.43 Å². The number of halogens is 5. The average Bonchev–Trinajstić information content (AvgIpc) is 3.21. The van der Waals surface area contributed by atoms with Crippen molar-refractivity contribution in [3.63, 3.8) is 0 Å². The third kappa shape index (κ3) is 6.16. The minimum absolute atomic E-state index is 0.0521. The second kappa shape index (κ2) is 11.0. The Bertz CT molecular complexity index is 1520. The second-order valence-corrected chi connectivity index (χ2v) is 9.61. The zero-order valence-corrected chi connectivity index (χ0v) is 21.4. The number of aromatic nitrogens is 2. The molecule has 4 aromatic rings. The van der Waals surface area contributed by atoms with Crippen molar-refractivity contribution in [2.24, 2.45) is 13.0 Å². The predicted octanol–water partition coefficient (Wildman–Crippen LogP) is 6.89. The summed E-state index contributed by atoms with van der Waals surface area (Å²) in [7, 11) is 1.78.